The summed E-state index contributed by atoms with van der Waals surface area (Å²) in [6.07, 6.45) is 1.80. The number of rotatable bonds is 6. The van der Waals surface area contributed by atoms with E-state index in [0.717, 1.165) is 16.9 Å². The summed E-state index contributed by atoms with van der Waals surface area (Å²) in [5.74, 6) is -0.195. The van der Waals surface area contributed by atoms with Crippen molar-refractivity contribution in [2.75, 3.05) is 18.5 Å². The molecule has 0 bridgehead atoms. The van der Waals surface area contributed by atoms with E-state index in [1.165, 1.54) is 0 Å². The van der Waals surface area contributed by atoms with Crippen LogP contribution in [0.25, 0.3) is 0 Å². The molecule has 2 rings (SSSR count). The zero-order chi connectivity index (χ0) is 15.2. The van der Waals surface area contributed by atoms with Gasteiger partial charge in [-0.2, -0.15) is 5.10 Å². The number of aromatic amines is 1. The van der Waals surface area contributed by atoms with Crippen LogP contribution in [0.15, 0.2) is 30.5 Å². The largest absolute Gasteiger partial charge is 0.395 e. The van der Waals surface area contributed by atoms with Gasteiger partial charge in [-0.05, 0) is 32.0 Å². The first kappa shape index (κ1) is 15.1. The quantitative estimate of drug-likeness (QED) is 0.650. The Labute approximate surface area is 123 Å². The lowest BCUT2D eigenvalue weighted by Crippen LogP contribution is -2.26. The minimum absolute atomic E-state index is 0.0690. The first-order valence-electron chi connectivity index (χ1n) is 6.87. The highest BCUT2D eigenvalue weighted by Crippen LogP contribution is 2.21. The maximum atomic E-state index is 11.9. The minimum Gasteiger partial charge on any atom is -0.395 e. The van der Waals surface area contributed by atoms with E-state index in [4.69, 9.17) is 5.11 Å². The Kier molecular flexibility index (Phi) is 4.94. The van der Waals surface area contributed by atoms with Gasteiger partial charge >= 0.3 is 0 Å². The SMILES string of the molecule is Cc1[nH]ncc1C(C)Nc1cccc(C(=O)NCCO)c1. The molecule has 6 nitrogen and oxygen atoms in total. The highest BCUT2D eigenvalue weighted by atomic mass is 16.3. The molecule has 0 aliphatic carbocycles. The average molecular weight is 288 g/mol. The fourth-order valence-corrected chi connectivity index (χ4v) is 2.15. The van der Waals surface area contributed by atoms with Gasteiger partial charge in [0.2, 0.25) is 0 Å². The summed E-state index contributed by atoms with van der Waals surface area (Å²) in [6.45, 7) is 4.19. The van der Waals surface area contributed by atoms with E-state index in [-0.39, 0.29) is 25.1 Å². The van der Waals surface area contributed by atoms with Crippen molar-refractivity contribution >= 4 is 11.6 Å². The van der Waals surface area contributed by atoms with E-state index in [9.17, 15) is 4.79 Å². The van der Waals surface area contributed by atoms with Gasteiger partial charge in [0.05, 0.1) is 18.8 Å². The number of hydrogen-bond donors (Lipinski definition) is 4. The molecule has 1 aromatic heterocycles. The minimum atomic E-state index is -0.195. The third-order valence-electron chi connectivity index (χ3n) is 3.24. The van der Waals surface area contributed by atoms with Crippen molar-refractivity contribution in [2.24, 2.45) is 0 Å². The summed E-state index contributed by atoms with van der Waals surface area (Å²) in [4.78, 5) is 11.9. The van der Waals surface area contributed by atoms with E-state index >= 15 is 0 Å². The first-order chi connectivity index (χ1) is 10.1. The van der Waals surface area contributed by atoms with Gasteiger partial charge < -0.3 is 15.7 Å². The van der Waals surface area contributed by atoms with Gasteiger partial charge in [0.1, 0.15) is 0 Å². The zero-order valence-electron chi connectivity index (χ0n) is 12.2. The topological polar surface area (TPSA) is 90.0 Å². The molecule has 0 aliphatic rings. The van der Waals surface area contributed by atoms with Crippen LogP contribution in [0.3, 0.4) is 0 Å². The second kappa shape index (κ2) is 6.90. The maximum absolute atomic E-state index is 11.9. The number of nitrogens with zero attached hydrogens (tertiary/aromatic N) is 1. The summed E-state index contributed by atoms with van der Waals surface area (Å²) in [5.41, 5.74) is 3.53. The third kappa shape index (κ3) is 3.82. The number of carbonyl (C=O) groups is 1. The Balaban J connectivity index is 2.07. The van der Waals surface area contributed by atoms with E-state index in [1.807, 2.05) is 26.0 Å². The smallest absolute Gasteiger partial charge is 0.251 e. The maximum Gasteiger partial charge on any atom is 0.251 e. The molecule has 0 fully saturated rings. The summed E-state index contributed by atoms with van der Waals surface area (Å²) in [5, 5.41) is 21.6. The van der Waals surface area contributed by atoms with E-state index in [2.05, 4.69) is 20.8 Å². The molecule has 112 valence electrons. The van der Waals surface area contributed by atoms with Crippen molar-refractivity contribution in [3.63, 3.8) is 0 Å². The number of nitrogens with one attached hydrogen (secondary N) is 3. The Morgan fingerprint density at radius 3 is 2.95 bits per heavy atom. The van der Waals surface area contributed by atoms with Crippen LogP contribution in [-0.2, 0) is 0 Å². The summed E-state index contributed by atoms with van der Waals surface area (Å²) in [7, 11) is 0. The number of aliphatic hydroxyl groups is 1. The van der Waals surface area contributed by atoms with E-state index < -0.39 is 0 Å². The van der Waals surface area contributed by atoms with Gasteiger partial charge in [-0.3, -0.25) is 9.89 Å². The van der Waals surface area contributed by atoms with Crippen LogP contribution >= 0.6 is 0 Å². The number of amides is 1. The Morgan fingerprint density at radius 2 is 2.29 bits per heavy atom. The van der Waals surface area contributed by atoms with Gasteiger partial charge in [-0.1, -0.05) is 6.07 Å². The van der Waals surface area contributed by atoms with Gasteiger partial charge in [0.15, 0.2) is 0 Å². The zero-order valence-corrected chi connectivity index (χ0v) is 12.2. The monoisotopic (exact) mass is 288 g/mol. The highest BCUT2D eigenvalue weighted by molar-refractivity contribution is 5.95. The standard InChI is InChI=1S/C15H20N4O2/c1-10(14-9-17-19-11(14)2)18-13-5-3-4-12(8-13)15(21)16-6-7-20/h3-5,8-10,18,20H,6-7H2,1-2H3,(H,16,21)(H,17,19). The number of aromatic nitrogens is 2. The second-order valence-electron chi connectivity index (χ2n) is 4.88. The molecule has 1 unspecified atom stereocenters. The van der Waals surface area contributed by atoms with Gasteiger partial charge in [-0.15, -0.1) is 0 Å². The molecule has 0 spiro atoms. The molecular formula is C15H20N4O2. The molecule has 1 atom stereocenters. The molecule has 1 aromatic carbocycles. The third-order valence-corrected chi connectivity index (χ3v) is 3.24. The number of benzene rings is 1. The van der Waals surface area contributed by atoms with Crippen LogP contribution in [0.2, 0.25) is 0 Å². The average Bonchev–Trinajstić information content (AvgIpc) is 2.91. The normalized spacial score (nSPS) is 12.0. The molecule has 0 saturated carbocycles. The van der Waals surface area contributed by atoms with Crippen LogP contribution in [0.4, 0.5) is 5.69 Å². The molecule has 4 N–H and O–H groups in total. The molecule has 1 heterocycles. The highest BCUT2D eigenvalue weighted by Gasteiger charge is 2.11. The number of hydrogen-bond acceptors (Lipinski definition) is 4. The summed E-state index contributed by atoms with van der Waals surface area (Å²) >= 11 is 0. The Hall–Kier alpha value is -2.34. The molecule has 1 amide bonds. The lowest BCUT2D eigenvalue weighted by Gasteiger charge is -2.15. The van der Waals surface area contributed by atoms with E-state index in [0.29, 0.717) is 5.56 Å². The van der Waals surface area contributed by atoms with Gasteiger partial charge in [0.25, 0.3) is 5.91 Å². The first-order valence-corrected chi connectivity index (χ1v) is 6.87. The fourth-order valence-electron chi connectivity index (χ4n) is 2.15. The van der Waals surface area contributed by atoms with E-state index in [1.54, 1.807) is 18.3 Å². The number of aliphatic hydroxyl groups excluding tert-OH is 1. The van der Waals surface area contributed by atoms with Crippen LogP contribution in [0.5, 0.6) is 0 Å². The van der Waals surface area contributed by atoms with Gasteiger partial charge in [0, 0.05) is 29.1 Å². The molecule has 21 heavy (non-hydrogen) atoms. The van der Waals surface area contributed by atoms with Crippen LogP contribution in [0.1, 0.15) is 34.6 Å². The van der Waals surface area contributed by atoms with Crippen LogP contribution in [-0.4, -0.2) is 34.4 Å². The van der Waals surface area contributed by atoms with Crippen molar-refractivity contribution < 1.29 is 9.90 Å². The molecule has 2 aromatic rings. The Morgan fingerprint density at radius 1 is 1.48 bits per heavy atom. The fraction of sp³-hybridized carbons (Fsp3) is 0.333. The predicted octanol–water partition coefficient (Wildman–Crippen LogP) is 1.61. The molecule has 0 saturated heterocycles. The summed E-state index contributed by atoms with van der Waals surface area (Å²) < 4.78 is 0. The van der Waals surface area contributed by atoms with Crippen molar-refractivity contribution in [1.82, 2.24) is 15.5 Å². The molecular weight excluding hydrogens is 268 g/mol. The molecule has 0 aliphatic heterocycles. The number of anilines is 1. The Bertz CT molecular complexity index is 609. The van der Waals surface area contributed by atoms with Crippen molar-refractivity contribution in [3.8, 4) is 0 Å². The van der Waals surface area contributed by atoms with Crippen molar-refractivity contribution in [1.29, 1.82) is 0 Å². The van der Waals surface area contributed by atoms with Crippen LogP contribution in [0, 0.1) is 6.92 Å². The second-order valence-corrected chi connectivity index (χ2v) is 4.88. The lowest BCUT2D eigenvalue weighted by molar-refractivity contribution is 0.0945. The predicted molar refractivity (Wildman–Crippen MR) is 81.2 cm³/mol. The number of carbonyl (C=O) groups excluding carboxylic acids is 1. The number of aryl methyl sites for hydroxylation is 1. The molecule has 6 heteroatoms. The molecule has 0 radical (unpaired) electrons. The number of H-pyrrole nitrogens is 1. The lowest BCUT2D eigenvalue weighted by atomic mass is 10.1. The summed E-state index contributed by atoms with van der Waals surface area (Å²) in [6, 6.07) is 7.35. The van der Waals surface area contributed by atoms with Crippen molar-refractivity contribution in [2.45, 2.75) is 19.9 Å². The van der Waals surface area contributed by atoms with Gasteiger partial charge in [-0.25, -0.2) is 0 Å². The van der Waals surface area contributed by atoms with Crippen molar-refractivity contribution in [3.05, 3.63) is 47.3 Å². The van der Waals surface area contributed by atoms with Crippen LogP contribution < -0.4 is 10.6 Å².